The molecular formula is C15H11N3O. The Morgan fingerprint density at radius 3 is 2.84 bits per heavy atom. The van der Waals surface area contributed by atoms with Crippen molar-refractivity contribution in [2.24, 2.45) is 0 Å². The van der Waals surface area contributed by atoms with E-state index in [2.05, 4.69) is 26.8 Å². The van der Waals surface area contributed by atoms with Crippen molar-refractivity contribution >= 4 is 11.0 Å². The lowest BCUT2D eigenvalue weighted by Gasteiger charge is -1.96. The molecule has 0 spiro atoms. The Hall–Kier alpha value is -2.80. The number of hydrogen-bond acceptors (Lipinski definition) is 3. The van der Waals surface area contributed by atoms with E-state index in [0.29, 0.717) is 5.88 Å². The minimum absolute atomic E-state index is 0.586. The van der Waals surface area contributed by atoms with E-state index >= 15 is 0 Å². The summed E-state index contributed by atoms with van der Waals surface area (Å²) in [5, 5.41) is 1.02. The number of aromatic amines is 1. The quantitative estimate of drug-likeness (QED) is 0.673. The van der Waals surface area contributed by atoms with Gasteiger partial charge in [-0.3, -0.25) is 0 Å². The number of nitrogens with one attached hydrogen (secondary N) is 1. The van der Waals surface area contributed by atoms with E-state index in [1.807, 2.05) is 24.4 Å². The average molecular weight is 249 g/mol. The smallest absolute Gasteiger partial charge is 0.212 e. The molecule has 0 atom stereocenters. The summed E-state index contributed by atoms with van der Waals surface area (Å²) in [4.78, 5) is 11.4. The highest BCUT2D eigenvalue weighted by Gasteiger charge is 1.99. The van der Waals surface area contributed by atoms with Crippen LogP contribution in [0.1, 0.15) is 11.1 Å². The van der Waals surface area contributed by atoms with Gasteiger partial charge in [-0.25, -0.2) is 9.97 Å². The summed E-state index contributed by atoms with van der Waals surface area (Å²) in [6.45, 7) is 0. The molecule has 0 aromatic carbocycles. The summed E-state index contributed by atoms with van der Waals surface area (Å²) in [5.74, 6) is 6.81. The van der Waals surface area contributed by atoms with Crippen molar-refractivity contribution in [3.8, 4) is 17.7 Å². The van der Waals surface area contributed by atoms with Gasteiger partial charge in [0.2, 0.25) is 5.88 Å². The van der Waals surface area contributed by atoms with Crippen LogP contribution in [0, 0.1) is 11.8 Å². The molecule has 0 radical (unpaired) electrons. The Bertz CT molecular complexity index is 763. The molecule has 0 aliphatic carbocycles. The van der Waals surface area contributed by atoms with E-state index in [1.54, 1.807) is 25.6 Å². The first-order valence-electron chi connectivity index (χ1n) is 5.81. The van der Waals surface area contributed by atoms with Gasteiger partial charge in [-0.2, -0.15) is 0 Å². The molecule has 0 unspecified atom stereocenters. The van der Waals surface area contributed by atoms with Gasteiger partial charge in [0.05, 0.1) is 7.11 Å². The van der Waals surface area contributed by atoms with Crippen molar-refractivity contribution in [3.63, 3.8) is 0 Å². The van der Waals surface area contributed by atoms with Crippen molar-refractivity contribution in [1.82, 2.24) is 15.0 Å². The lowest BCUT2D eigenvalue weighted by atomic mass is 10.2. The molecule has 92 valence electrons. The van der Waals surface area contributed by atoms with Crippen LogP contribution in [0.5, 0.6) is 5.88 Å². The summed E-state index contributed by atoms with van der Waals surface area (Å²) >= 11 is 0. The molecular weight excluding hydrogens is 238 g/mol. The Morgan fingerprint density at radius 2 is 2.05 bits per heavy atom. The van der Waals surface area contributed by atoms with Gasteiger partial charge in [0, 0.05) is 41.2 Å². The first-order chi connectivity index (χ1) is 9.36. The molecule has 3 rings (SSSR count). The molecule has 3 heterocycles. The van der Waals surface area contributed by atoms with E-state index in [-0.39, 0.29) is 0 Å². The zero-order chi connectivity index (χ0) is 13.1. The first kappa shape index (κ1) is 11.3. The number of aromatic nitrogens is 3. The minimum atomic E-state index is 0.586. The van der Waals surface area contributed by atoms with Crippen LogP contribution in [0.25, 0.3) is 11.0 Å². The topological polar surface area (TPSA) is 50.8 Å². The number of fused-ring (bicyclic) bond motifs is 1. The van der Waals surface area contributed by atoms with E-state index in [9.17, 15) is 0 Å². The largest absolute Gasteiger partial charge is 0.481 e. The number of hydrogen-bond donors (Lipinski definition) is 1. The van der Waals surface area contributed by atoms with Crippen LogP contribution < -0.4 is 4.74 Å². The first-order valence-corrected chi connectivity index (χ1v) is 5.81. The van der Waals surface area contributed by atoms with Crippen molar-refractivity contribution in [2.45, 2.75) is 0 Å². The van der Waals surface area contributed by atoms with Crippen molar-refractivity contribution in [1.29, 1.82) is 0 Å². The molecule has 0 saturated heterocycles. The molecule has 19 heavy (non-hydrogen) atoms. The zero-order valence-corrected chi connectivity index (χ0v) is 10.3. The molecule has 4 heteroatoms. The molecule has 0 aliphatic heterocycles. The van der Waals surface area contributed by atoms with Gasteiger partial charge in [0.1, 0.15) is 5.65 Å². The lowest BCUT2D eigenvalue weighted by Crippen LogP contribution is -1.87. The fourth-order valence-electron chi connectivity index (χ4n) is 1.78. The SMILES string of the molecule is COc1ccc(C#Cc2ccnc3[nH]ccc23)cn1. The Balaban J connectivity index is 1.96. The zero-order valence-electron chi connectivity index (χ0n) is 10.3. The molecule has 0 amide bonds. The molecule has 3 aromatic rings. The second kappa shape index (κ2) is 4.83. The summed E-state index contributed by atoms with van der Waals surface area (Å²) in [7, 11) is 1.59. The van der Waals surface area contributed by atoms with Crippen LogP contribution in [0.3, 0.4) is 0 Å². The summed E-state index contributed by atoms with van der Waals surface area (Å²) in [6, 6.07) is 7.55. The molecule has 0 bridgehead atoms. The van der Waals surface area contributed by atoms with Crippen LogP contribution in [-0.4, -0.2) is 22.1 Å². The van der Waals surface area contributed by atoms with Crippen molar-refractivity contribution < 1.29 is 4.74 Å². The van der Waals surface area contributed by atoms with Gasteiger partial charge in [-0.1, -0.05) is 11.8 Å². The van der Waals surface area contributed by atoms with Gasteiger partial charge in [-0.05, 0) is 18.2 Å². The maximum atomic E-state index is 5.01. The van der Waals surface area contributed by atoms with Crippen molar-refractivity contribution in [2.75, 3.05) is 7.11 Å². The van der Waals surface area contributed by atoms with E-state index < -0.39 is 0 Å². The Kier molecular flexibility index (Phi) is 2.87. The predicted molar refractivity (Wildman–Crippen MR) is 72.9 cm³/mol. The Morgan fingerprint density at radius 1 is 1.11 bits per heavy atom. The average Bonchev–Trinajstić information content (AvgIpc) is 2.94. The van der Waals surface area contributed by atoms with Crippen molar-refractivity contribution in [3.05, 3.63) is 54.0 Å². The summed E-state index contributed by atoms with van der Waals surface area (Å²) in [5.41, 5.74) is 2.64. The number of pyridine rings is 2. The number of rotatable bonds is 1. The second-order valence-electron chi connectivity index (χ2n) is 3.94. The molecule has 4 nitrogen and oxygen atoms in total. The third kappa shape index (κ3) is 2.26. The number of ether oxygens (including phenoxy) is 1. The monoisotopic (exact) mass is 249 g/mol. The third-order valence-electron chi connectivity index (χ3n) is 2.75. The predicted octanol–water partition coefficient (Wildman–Crippen LogP) is 2.37. The Labute approximate surface area is 110 Å². The van der Waals surface area contributed by atoms with Gasteiger partial charge in [-0.15, -0.1) is 0 Å². The number of nitrogens with zero attached hydrogens (tertiary/aromatic N) is 2. The molecule has 0 saturated carbocycles. The summed E-state index contributed by atoms with van der Waals surface area (Å²) in [6.07, 6.45) is 5.30. The van der Waals surface area contributed by atoms with E-state index in [4.69, 9.17) is 4.74 Å². The van der Waals surface area contributed by atoms with Crippen LogP contribution in [0.2, 0.25) is 0 Å². The lowest BCUT2D eigenvalue weighted by molar-refractivity contribution is 0.398. The number of methoxy groups -OCH3 is 1. The van der Waals surface area contributed by atoms with Gasteiger partial charge < -0.3 is 9.72 Å². The third-order valence-corrected chi connectivity index (χ3v) is 2.75. The van der Waals surface area contributed by atoms with Crippen LogP contribution >= 0.6 is 0 Å². The maximum absolute atomic E-state index is 5.01. The second-order valence-corrected chi connectivity index (χ2v) is 3.94. The van der Waals surface area contributed by atoms with Gasteiger partial charge in [0.15, 0.2) is 0 Å². The van der Waals surface area contributed by atoms with Gasteiger partial charge >= 0.3 is 0 Å². The maximum Gasteiger partial charge on any atom is 0.212 e. The van der Waals surface area contributed by atoms with Crippen LogP contribution in [0.15, 0.2) is 42.9 Å². The highest BCUT2D eigenvalue weighted by atomic mass is 16.5. The normalized spacial score (nSPS) is 9.95. The summed E-state index contributed by atoms with van der Waals surface area (Å²) < 4.78 is 5.01. The molecule has 3 aromatic heterocycles. The minimum Gasteiger partial charge on any atom is -0.481 e. The standard InChI is InChI=1S/C15H11N3O/c1-19-14-5-3-11(10-18-14)2-4-12-6-8-16-15-13(12)7-9-17-15/h3,5-10H,1H3,(H,16,17). The van der Waals surface area contributed by atoms with Gasteiger partial charge in [0.25, 0.3) is 0 Å². The fraction of sp³-hybridized carbons (Fsp3) is 0.0667. The van der Waals surface area contributed by atoms with E-state index in [1.165, 1.54) is 0 Å². The molecule has 0 aliphatic rings. The van der Waals surface area contributed by atoms with Crippen LogP contribution in [-0.2, 0) is 0 Å². The fourth-order valence-corrected chi connectivity index (χ4v) is 1.78. The number of H-pyrrole nitrogens is 1. The highest BCUT2D eigenvalue weighted by molar-refractivity contribution is 5.82. The molecule has 1 N–H and O–H groups in total. The van der Waals surface area contributed by atoms with E-state index in [0.717, 1.165) is 22.2 Å². The van der Waals surface area contributed by atoms with Crippen LogP contribution in [0.4, 0.5) is 0 Å². The highest BCUT2D eigenvalue weighted by Crippen LogP contribution is 2.14. The molecule has 0 fully saturated rings.